The third-order valence-corrected chi connectivity index (χ3v) is 3.02. The fraction of sp³-hybridized carbons (Fsp3) is 0.133. The van der Waals surface area contributed by atoms with Crippen LogP contribution < -0.4 is 4.74 Å². The average molecular weight is 256 g/mol. The van der Waals surface area contributed by atoms with E-state index < -0.39 is 0 Å². The van der Waals surface area contributed by atoms with E-state index in [2.05, 4.69) is 9.97 Å². The van der Waals surface area contributed by atoms with E-state index in [-0.39, 0.29) is 5.82 Å². The first kappa shape index (κ1) is 11.7. The van der Waals surface area contributed by atoms with Crippen LogP contribution in [0.1, 0.15) is 11.4 Å². The summed E-state index contributed by atoms with van der Waals surface area (Å²) >= 11 is 0. The third kappa shape index (κ3) is 2.42. The van der Waals surface area contributed by atoms with E-state index in [4.69, 9.17) is 4.74 Å². The van der Waals surface area contributed by atoms with E-state index in [0.29, 0.717) is 6.42 Å². The number of benzene rings is 2. The molecular weight excluding hydrogens is 243 g/mol. The highest BCUT2D eigenvalue weighted by Gasteiger charge is 2.05. The maximum Gasteiger partial charge on any atom is 0.123 e. The van der Waals surface area contributed by atoms with Crippen LogP contribution in [0.5, 0.6) is 5.75 Å². The van der Waals surface area contributed by atoms with Gasteiger partial charge in [0, 0.05) is 12.5 Å². The first-order chi connectivity index (χ1) is 9.24. The zero-order chi connectivity index (χ0) is 13.2. The summed E-state index contributed by atoms with van der Waals surface area (Å²) in [5.74, 6) is 1.43. The van der Waals surface area contributed by atoms with Gasteiger partial charge in [0.1, 0.15) is 17.4 Å². The minimum atomic E-state index is -0.224. The number of imidazole rings is 1. The standard InChI is InChI=1S/C15H13FN2O/c1-19-12-6-7-13-14(9-12)18-15(17-13)8-10-2-4-11(16)5-3-10/h2-7,9H,8H2,1H3,(H,17,18). The second-order valence-electron chi connectivity index (χ2n) is 4.37. The Morgan fingerprint density at radius 3 is 2.68 bits per heavy atom. The van der Waals surface area contributed by atoms with Crippen molar-refractivity contribution in [3.8, 4) is 5.75 Å². The molecule has 0 bridgehead atoms. The number of rotatable bonds is 3. The monoisotopic (exact) mass is 256 g/mol. The number of methoxy groups -OCH3 is 1. The summed E-state index contributed by atoms with van der Waals surface area (Å²) in [6.45, 7) is 0. The molecule has 0 saturated carbocycles. The van der Waals surface area contributed by atoms with Gasteiger partial charge in [-0.2, -0.15) is 0 Å². The normalized spacial score (nSPS) is 10.8. The van der Waals surface area contributed by atoms with E-state index >= 15 is 0 Å². The zero-order valence-electron chi connectivity index (χ0n) is 10.5. The van der Waals surface area contributed by atoms with Crippen LogP contribution in [0, 0.1) is 5.82 Å². The summed E-state index contributed by atoms with van der Waals surface area (Å²) < 4.78 is 18.0. The molecule has 0 aliphatic heterocycles. The Balaban J connectivity index is 1.90. The van der Waals surface area contributed by atoms with Crippen LogP contribution in [-0.2, 0) is 6.42 Å². The summed E-state index contributed by atoms with van der Waals surface area (Å²) in [5, 5.41) is 0. The van der Waals surface area contributed by atoms with Crippen molar-refractivity contribution in [2.75, 3.05) is 7.11 Å². The smallest absolute Gasteiger partial charge is 0.123 e. The van der Waals surface area contributed by atoms with Crippen LogP contribution in [0.3, 0.4) is 0 Å². The number of H-pyrrole nitrogens is 1. The van der Waals surface area contributed by atoms with E-state index in [1.165, 1.54) is 12.1 Å². The lowest BCUT2D eigenvalue weighted by Gasteiger charge is -1.97. The van der Waals surface area contributed by atoms with Gasteiger partial charge in [0.25, 0.3) is 0 Å². The van der Waals surface area contributed by atoms with Gasteiger partial charge < -0.3 is 9.72 Å². The predicted molar refractivity (Wildman–Crippen MR) is 71.9 cm³/mol. The van der Waals surface area contributed by atoms with Gasteiger partial charge in [-0.05, 0) is 29.8 Å². The second-order valence-corrected chi connectivity index (χ2v) is 4.37. The first-order valence-corrected chi connectivity index (χ1v) is 6.02. The SMILES string of the molecule is COc1ccc2nc(Cc3ccc(F)cc3)[nH]c2c1. The summed E-state index contributed by atoms with van der Waals surface area (Å²) in [6.07, 6.45) is 0.650. The van der Waals surface area contributed by atoms with Gasteiger partial charge in [-0.25, -0.2) is 9.37 Å². The summed E-state index contributed by atoms with van der Waals surface area (Å²) in [4.78, 5) is 7.75. The molecule has 4 heteroatoms. The second kappa shape index (κ2) is 4.72. The lowest BCUT2D eigenvalue weighted by Crippen LogP contribution is -1.90. The van der Waals surface area contributed by atoms with Crippen LogP contribution in [0.25, 0.3) is 11.0 Å². The topological polar surface area (TPSA) is 37.9 Å². The van der Waals surface area contributed by atoms with E-state index in [9.17, 15) is 4.39 Å². The molecule has 1 aromatic heterocycles. The molecule has 19 heavy (non-hydrogen) atoms. The molecule has 1 heterocycles. The number of aromatic amines is 1. The highest BCUT2D eigenvalue weighted by Crippen LogP contribution is 2.19. The number of hydrogen-bond donors (Lipinski definition) is 1. The minimum absolute atomic E-state index is 0.224. The molecule has 0 fully saturated rings. The number of hydrogen-bond acceptors (Lipinski definition) is 2. The van der Waals surface area contributed by atoms with Crippen molar-refractivity contribution >= 4 is 11.0 Å². The quantitative estimate of drug-likeness (QED) is 0.780. The number of nitrogens with zero attached hydrogens (tertiary/aromatic N) is 1. The molecule has 0 radical (unpaired) electrons. The van der Waals surface area contributed by atoms with Gasteiger partial charge in [0.05, 0.1) is 18.1 Å². The molecule has 0 amide bonds. The number of nitrogens with one attached hydrogen (secondary N) is 1. The molecule has 0 atom stereocenters. The third-order valence-electron chi connectivity index (χ3n) is 3.02. The minimum Gasteiger partial charge on any atom is -0.497 e. The van der Waals surface area contributed by atoms with Crippen molar-refractivity contribution in [3.05, 3.63) is 59.7 Å². The Hall–Kier alpha value is -2.36. The molecule has 0 unspecified atom stereocenters. The lowest BCUT2D eigenvalue weighted by atomic mass is 10.1. The molecule has 0 aliphatic carbocycles. The van der Waals surface area contributed by atoms with Crippen LogP contribution >= 0.6 is 0 Å². The Labute approximate surface area is 110 Å². The Kier molecular flexibility index (Phi) is 2.91. The van der Waals surface area contributed by atoms with Crippen LogP contribution in [-0.4, -0.2) is 17.1 Å². The Morgan fingerprint density at radius 1 is 1.16 bits per heavy atom. The van der Waals surface area contributed by atoms with Crippen molar-refractivity contribution in [2.24, 2.45) is 0 Å². The lowest BCUT2D eigenvalue weighted by molar-refractivity contribution is 0.415. The van der Waals surface area contributed by atoms with E-state index in [0.717, 1.165) is 28.2 Å². The van der Waals surface area contributed by atoms with Gasteiger partial charge in [-0.1, -0.05) is 12.1 Å². The molecule has 96 valence electrons. The van der Waals surface area contributed by atoms with Crippen LogP contribution in [0.2, 0.25) is 0 Å². The fourth-order valence-electron chi connectivity index (χ4n) is 2.05. The molecule has 0 aliphatic rings. The zero-order valence-corrected chi connectivity index (χ0v) is 10.5. The van der Waals surface area contributed by atoms with Crippen molar-refractivity contribution in [1.29, 1.82) is 0 Å². The Morgan fingerprint density at radius 2 is 1.95 bits per heavy atom. The summed E-state index contributed by atoms with van der Waals surface area (Å²) in [7, 11) is 1.64. The fourth-order valence-corrected chi connectivity index (χ4v) is 2.05. The van der Waals surface area contributed by atoms with Crippen LogP contribution in [0.4, 0.5) is 4.39 Å². The molecule has 3 rings (SSSR count). The van der Waals surface area contributed by atoms with Crippen LogP contribution in [0.15, 0.2) is 42.5 Å². The molecule has 3 nitrogen and oxygen atoms in total. The molecule has 0 saturated heterocycles. The number of aromatic nitrogens is 2. The van der Waals surface area contributed by atoms with Crippen molar-refractivity contribution in [3.63, 3.8) is 0 Å². The molecule has 1 N–H and O–H groups in total. The number of halogens is 1. The average Bonchev–Trinajstić information content (AvgIpc) is 2.82. The first-order valence-electron chi connectivity index (χ1n) is 6.02. The van der Waals surface area contributed by atoms with Crippen molar-refractivity contribution in [2.45, 2.75) is 6.42 Å². The molecular formula is C15H13FN2O. The number of ether oxygens (including phenoxy) is 1. The van der Waals surface area contributed by atoms with Gasteiger partial charge in [-0.15, -0.1) is 0 Å². The van der Waals surface area contributed by atoms with Crippen molar-refractivity contribution < 1.29 is 9.13 Å². The Bertz CT molecular complexity index is 704. The highest BCUT2D eigenvalue weighted by atomic mass is 19.1. The van der Waals surface area contributed by atoms with Crippen molar-refractivity contribution in [1.82, 2.24) is 9.97 Å². The van der Waals surface area contributed by atoms with Gasteiger partial charge in [-0.3, -0.25) is 0 Å². The summed E-state index contributed by atoms with van der Waals surface area (Å²) in [5.41, 5.74) is 2.86. The van der Waals surface area contributed by atoms with Gasteiger partial charge >= 0.3 is 0 Å². The van der Waals surface area contributed by atoms with E-state index in [1.807, 2.05) is 18.2 Å². The molecule has 2 aromatic carbocycles. The van der Waals surface area contributed by atoms with Gasteiger partial charge in [0.15, 0.2) is 0 Å². The maximum absolute atomic E-state index is 12.8. The van der Waals surface area contributed by atoms with Gasteiger partial charge in [0.2, 0.25) is 0 Å². The van der Waals surface area contributed by atoms with E-state index in [1.54, 1.807) is 19.2 Å². The highest BCUT2D eigenvalue weighted by molar-refractivity contribution is 5.76. The summed E-state index contributed by atoms with van der Waals surface area (Å²) in [6, 6.07) is 12.2. The molecule has 3 aromatic rings. The maximum atomic E-state index is 12.8. The largest absolute Gasteiger partial charge is 0.497 e. The predicted octanol–water partition coefficient (Wildman–Crippen LogP) is 3.30. The number of fused-ring (bicyclic) bond motifs is 1. The molecule has 0 spiro atoms.